The van der Waals surface area contributed by atoms with Gasteiger partial charge in [0.2, 0.25) is 11.8 Å². The molecule has 1 aliphatic heterocycles. The second kappa shape index (κ2) is 8.19. The number of fused-ring (bicyclic) bond motifs is 2. The Labute approximate surface area is 166 Å². The summed E-state index contributed by atoms with van der Waals surface area (Å²) in [5, 5.41) is 3.41. The molecule has 6 heteroatoms. The van der Waals surface area contributed by atoms with Crippen molar-refractivity contribution >= 4 is 29.1 Å². The molecule has 3 fully saturated rings. The first kappa shape index (κ1) is 18.8. The van der Waals surface area contributed by atoms with E-state index in [-0.39, 0.29) is 5.91 Å². The van der Waals surface area contributed by atoms with Crippen LogP contribution in [0.2, 0.25) is 5.02 Å². The van der Waals surface area contributed by atoms with Crippen molar-refractivity contribution < 1.29 is 9.59 Å². The number of para-hydroxylation sites is 1. The standard InChI is InChI=1S/C21H28ClN3O2/c22-18-3-1-2-4-19(18)23-20(26)14-24-7-9-25(10-8-24)21(27)13-17-12-15-5-6-16(17)11-15/h1-4,15-17H,5-14H2,(H,23,26). The Bertz CT molecular complexity index is 702. The lowest BCUT2D eigenvalue weighted by Gasteiger charge is -2.35. The van der Waals surface area contributed by atoms with Crippen molar-refractivity contribution in [3.63, 3.8) is 0 Å². The zero-order valence-corrected chi connectivity index (χ0v) is 16.5. The minimum absolute atomic E-state index is 0.0649. The summed E-state index contributed by atoms with van der Waals surface area (Å²) in [4.78, 5) is 29.0. The van der Waals surface area contributed by atoms with E-state index in [9.17, 15) is 9.59 Å². The molecule has 5 nitrogen and oxygen atoms in total. The first-order valence-electron chi connectivity index (χ1n) is 10.1. The number of nitrogens with one attached hydrogen (secondary N) is 1. The number of carbonyl (C=O) groups excluding carboxylic acids is 2. The van der Waals surface area contributed by atoms with Crippen LogP contribution < -0.4 is 5.32 Å². The summed E-state index contributed by atoms with van der Waals surface area (Å²) in [6.07, 6.45) is 6.06. The van der Waals surface area contributed by atoms with E-state index in [0.717, 1.165) is 44.4 Å². The molecule has 27 heavy (non-hydrogen) atoms. The topological polar surface area (TPSA) is 52.7 Å². The quantitative estimate of drug-likeness (QED) is 0.841. The molecule has 3 atom stereocenters. The lowest BCUT2D eigenvalue weighted by Crippen LogP contribution is -2.50. The summed E-state index contributed by atoms with van der Waals surface area (Å²) >= 11 is 6.09. The Kier molecular flexibility index (Phi) is 5.69. The molecule has 2 amide bonds. The second-order valence-electron chi connectivity index (χ2n) is 8.32. The van der Waals surface area contributed by atoms with Crippen molar-refractivity contribution in [2.45, 2.75) is 32.1 Å². The maximum Gasteiger partial charge on any atom is 0.238 e. The lowest BCUT2D eigenvalue weighted by atomic mass is 9.86. The van der Waals surface area contributed by atoms with Gasteiger partial charge in [-0.2, -0.15) is 0 Å². The van der Waals surface area contributed by atoms with Crippen LogP contribution in [0.5, 0.6) is 0 Å². The van der Waals surface area contributed by atoms with Crippen molar-refractivity contribution in [1.29, 1.82) is 0 Å². The number of halogens is 1. The third-order valence-electron chi connectivity index (χ3n) is 6.56. The van der Waals surface area contributed by atoms with Crippen molar-refractivity contribution in [2.75, 3.05) is 38.0 Å². The summed E-state index contributed by atoms with van der Waals surface area (Å²) < 4.78 is 0. The molecule has 1 saturated heterocycles. The maximum atomic E-state index is 12.7. The highest BCUT2D eigenvalue weighted by atomic mass is 35.5. The van der Waals surface area contributed by atoms with Gasteiger partial charge in [0.05, 0.1) is 17.3 Å². The number of amides is 2. The van der Waals surface area contributed by atoms with Crippen molar-refractivity contribution in [3.05, 3.63) is 29.3 Å². The fourth-order valence-electron chi connectivity index (χ4n) is 5.09. The normalized spacial score (nSPS) is 27.7. The molecule has 0 spiro atoms. The Morgan fingerprint density at radius 1 is 1.07 bits per heavy atom. The van der Waals surface area contributed by atoms with E-state index in [1.54, 1.807) is 12.1 Å². The minimum Gasteiger partial charge on any atom is -0.340 e. The zero-order chi connectivity index (χ0) is 18.8. The smallest absolute Gasteiger partial charge is 0.238 e. The number of nitrogens with zero attached hydrogens (tertiary/aromatic N) is 2. The van der Waals surface area contributed by atoms with Gasteiger partial charge in [0.25, 0.3) is 0 Å². The minimum atomic E-state index is -0.0649. The first-order valence-corrected chi connectivity index (χ1v) is 10.5. The molecule has 3 aliphatic rings. The van der Waals surface area contributed by atoms with Gasteiger partial charge in [0.1, 0.15) is 0 Å². The predicted octanol–water partition coefficient (Wildman–Crippen LogP) is 3.25. The third-order valence-corrected chi connectivity index (χ3v) is 6.89. The molecule has 4 rings (SSSR count). The maximum absolute atomic E-state index is 12.7. The van der Waals surface area contributed by atoms with E-state index in [1.807, 2.05) is 17.0 Å². The average Bonchev–Trinajstić information content (AvgIpc) is 3.27. The first-order chi connectivity index (χ1) is 13.1. The molecule has 2 bridgehead atoms. The van der Waals surface area contributed by atoms with Crippen LogP contribution in [0.4, 0.5) is 5.69 Å². The van der Waals surface area contributed by atoms with E-state index in [4.69, 9.17) is 11.6 Å². The van der Waals surface area contributed by atoms with Gasteiger partial charge in [-0.05, 0) is 49.1 Å². The SMILES string of the molecule is O=C(CN1CCN(C(=O)CC2CC3CCC2C3)CC1)Nc1ccccc1Cl. The number of rotatable bonds is 5. The summed E-state index contributed by atoms with van der Waals surface area (Å²) in [6.45, 7) is 3.27. The average molecular weight is 390 g/mol. The number of benzene rings is 1. The van der Waals surface area contributed by atoms with Gasteiger partial charge in [-0.1, -0.05) is 30.2 Å². The van der Waals surface area contributed by atoms with Crippen LogP contribution in [-0.2, 0) is 9.59 Å². The van der Waals surface area contributed by atoms with Gasteiger partial charge in [-0.3, -0.25) is 14.5 Å². The van der Waals surface area contributed by atoms with Gasteiger partial charge < -0.3 is 10.2 Å². The van der Waals surface area contributed by atoms with Gasteiger partial charge >= 0.3 is 0 Å². The van der Waals surface area contributed by atoms with Crippen LogP contribution in [0.15, 0.2) is 24.3 Å². The van der Waals surface area contributed by atoms with Crippen molar-refractivity contribution in [3.8, 4) is 0 Å². The van der Waals surface area contributed by atoms with Crippen LogP contribution in [0, 0.1) is 17.8 Å². The highest BCUT2D eigenvalue weighted by molar-refractivity contribution is 6.33. The van der Waals surface area contributed by atoms with Crippen LogP contribution in [-0.4, -0.2) is 54.3 Å². The monoisotopic (exact) mass is 389 g/mol. The summed E-state index contributed by atoms with van der Waals surface area (Å²) in [5.74, 6) is 2.56. The molecule has 0 aromatic heterocycles. The highest BCUT2D eigenvalue weighted by Gasteiger charge is 2.40. The Balaban J connectivity index is 1.20. The number of hydrogen-bond acceptors (Lipinski definition) is 3. The molecule has 1 aromatic carbocycles. The Morgan fingerprint density at radius 2 is 1.85 bits per heavy atom. The van der Waals surface area contributed by atoms with Crippen LogP contribution in [0.3, 0.4) is 0 Å². The molecule has 3 unspecified atom stereocenters. The van der Waals surface area contributed by atoms with E-state index >= 15 is 0 Å². The fourth-order valence-corrected chi connectivity index (χ4v) is 5.27. The Morgan fingerprint density at radius 3 is 2.52 bits per heavy atom. The van der Waals surface area contributed by atoms with Gasteiger partial charge in [0, 0.05) is 32.6 Å². The van der Waals surface area contributed by atoms with Gasteiger partial charge in [-0.15, -0.1) is 0 Å². The number of piperazine rings is 1. The van der Waals surface area contributed by atoms with Gasteiger partial charge in [0.15, 0.2) is 0 Å². The second-order valence-corrected chi connectivity index (χ2v) is 8.73. The largest absolute Gasteiger partial charge is 0.340 e. The van der Waals surface area contributed by atoms with Crippen molar-refractivity contribution in [2.24, 2.45) is 17.8 Å². The molecular weight excluding hydrogens is 362 g/mol. The van der Waals surface area contributed by atoms with Crippen LogP contribution in [0.1, 0.15) is 32.1 Å². The van der Waals surface area contributed by atoms with E-state index < -0.39 is 0 Å². The molecule has 0 radical (unpaired) electrons. The summed E-state index contributed by atoms with van der Waals surface area (Å²) in [7, 11) is 0. The zero-order valence-electron chi connectivity index (χ0n) is 15.7. The molecule has 1 heterocycles. The molecular formula is C21H28ClN3O2. The summed E-state index contributed by atoms with van der Waals surface area (Å²) in [6, 6.07) is 7.25. The summed E-state index contributed by atoms with van der Waals surface area (Å²) in [5.41, 5.74) is 0.642. The van der Waals surface area contributed by atoms with Crippen molar-refractivity contribution in [1.82, 2.24) is 9.80 Å². The lowest BCUT2D eigenvalue weighted by molar-refractivity contribution is -0.134. The molecule has 2 saturated carbocycles. The highest BCUT2D eigenvalue weighted by Crippen LogP contribution is 2.49. The molecule has 2 aliphatic carbocycles. The number of carbonyl (C=O) groups is 2. The fraction of sp³-hybridized carbons (Fsp3) is 0.619. The van der Waals surface area contributed by atoms with E-state index in [0.29, 0.717) is 29.1 Å². The molecule has 146 valence electrons. The molecule has 1 aromatic rings. The van der Waals surface area contributed by atoms with Crippen LogP contribution in [0.25, 0.3) is 0 Å². The van der Waals surface area contributed by atoms with Crippen LogP contribution >= 0.6 is 11.6 Å². The molecule has 1 N–H and O–H groups in total. The number of hydrogen-bond donors (Lipinski definition) is 1. The number of anilines is 1. The predicted molar refractivity (Wildman–Crippen MR) is 107 cm³/mol. The Hall–Kier alpha value is -1.59. The third kappa shape index (κ3) is 4.46. The van der Waals surface area contributed by atoms with Gasteiger partial charge in [-0.25, -0.2) is 0 Å². The van der Waals surface area contributed by atoms with E-state index in [2.05, 4.69) is 10.2 Å². The van der Waals surface area contributed by atoms with E-state index in [1.165, 1.54) is 25.7 Å².